The van der Waals surface area contributed by atoms with Gasteiger partial charge in [0.25, 0.3) is 0 Å². The summed E-state index contributed by atoms with van der Waals surface area (Å²) in [6.45, 7) is 4.53. The van der Waals surface area contributed by atoms with Gasteiger partial charge in [-0.05, 0) is 42.0 Å². The van der Waals surface area contributed by atoms with Crippen LogP contribution in [0.25, 0.3) is 0 Å². The molecule has 2 aromatic carbocycles. The lowest BCUT2D eigenvalue weighted by atomic mass is 10.2. The molecule has 0 saturated carbocycles. The van der Waals surface area contributed by atoms with Crippen molar-refractivity contribution >= 4 is 40.5 Å². The zero-order valence-corrected chi connectivity index (χ0v) is 14.7. The third-order valence-electron chi connectivity index (χ3n) is 4.02. The topological polar surface area (TPSA) is 26.4 Å². The van der Waals surface area contributed by atoms with Crippen molar-refractivity contribution in [2.75, 3.05) is 31.1 Å². The van der Waals surface area contributed by atoms with Gasteiger partial charge in [-0.1, -0.05) is 34.8 Å². The molecule has 121 valence electrons. The Kier molecular flexibility index (Phi) is 5.22. The van der Waals surface area contributed by atoms with Crippen LogP contribution in [-0.4, -0.2) is 31.1 Å². The van der Waals surface area contributed by atoms with Crippen LogP contribution in [0.5, 0.6) is 5.75 Å². The number of hydrogen-bond acceptors (Lipinski definition) is 2. The molecule has 0 spiro atoms. The van der Waals surface area contributed by atoms with Crippen LogP contribution in [0.3, 0.4) is 0 Å². The molecule has 2 aromatic rings. The molecule has 0 N–H and O–H groups in total. The number of benzene rings is 2. The molecule has 3 nitrogen and oxygen atoms in total. The van der Waals surface area contributed by atoms with Crippen molar-refractivity contribution in [1.82, 2.24) is 4.90 Å². The van der Waals surface area contributed by atoms with Crippen molar-refractivity contribution in [2.45, 2.75) is 6.54 Å². The number of nitrogens with zero attached hydrogens (tertiary/aromatic N) is 2. The Hall–Kier alpha value is -1.13. The van der Waals surface area contributed by atoms with E-state index in [-0.39, 0.29) is 5.75 Å². The van der Waals surface area contributed by atoms with E-state index in [1.807, 2.05) is 24.3 Å². The third kappa shape index (κ3) is 4.04. The summed E-state index contributed by atoms with van der Waals surface area (Å²) in [6.07, 6.45) is 0. The van der Waals surface area contributed by atoms with Crippen molar-refractivity contribution in [2.24, 2.45) is 0 Å². The minimum Gasteiger partial charge on any atom is -0.369 e. The quantitative estimate of drug-likeness (QED) is 0.702. The maximum atomic E-state index is 11.2. The molecule has 1 radical (unpaired) electrons. The van der Waals surface area contributed by atoms with Crippen LogP contribution < -0.4 is 4.90 Å². The summed E-state index contributed by atoms with van der Waals surface area (Å²) in [5, 5.41) is 12.6. The van der Waals surface area contributed by atoms with Crippen LogP contribution in [0, 0.1) is 0 Å². The SMILES string of the molecule is [O]c1ccc(N2CCN(Cc3cc(Cl)c(Cl)c(Cl)c3)CC2)cc1. The normalized spacial score (nSPS) is 15.9. The van der Waals surface area contributed by atoms with Gasteiger partial charge in [0.1, 0.15) is 0 Å². The van der Waals surface area contributed by atoms with Crippen LogP contribution in [0.4, 0.5) is 5.69 Å². The average molecular weight is 371 g/mol. The van der Waals surface area contributed by atoms with Gasteiger partial charge in [0.15, 0.2) is 5.75 Å². The summed E-state index contributed by atoms with van der Waals surface area (Å²) in [6, 6.07) is 10.7. The molecule has 0 unspecified atom stereocenters. The van der Waals surface area contributed by atoms with Gasteiger partial charge in [-0.2, -0.15) is 0 Å². The van der Waals surface area contributed by atoms with Gasteiger partial charge in [-0.15, -0.1) is 0 Å². The van der Waals surface area contributed by atoms with Crippen LogP contribution in [-0.2, 0) is 11.7 Å². The molecular formula is C17H16Cl3N2O. The lowest BCUT2D eigenvalue weighted by Gasteiger charge is -2.36. The van der Waals surface area contributed by atoms with Crippen molar-refractivity contribution < 1.29 is 5.11 Å². The highest BCUT2D eigenvalue weighted by atomic mass is 35.5. The Morgan fingerprint density at radius 2 is 1.43 bits per heavy atom. The minimum absolute atomic E-state index is 0.0453. The van der Waals surface area contributed by atoms with Gasteiger partial charge in [0.05, 0.1) is 15.1 Å². The standard InChI is InChI=1S/C17H16Cl3N2O/c18-15-9-12(10-16(19)17(15)20)11-21-5-7-22(8-6-21)13-1-3-14(23)4-2-13/h1-4,9-10H,5-8,11H2. The fourth-order valence-corrected chi connectivity index (χ4v) is 3.42. The number of halogens is 3. The van der Waals surface area contributed by atoms with E-state index in [4.69, 9.17) is 34.8 Å². The molecule has 0 bridgehead atoms. The molecule has 1 aliphatic heterocycles. The van der Waals surface area contributed by atoms with Crippen LogP contribution >= 0.6 is 34.8 Å². The maximum Gasteiger partial charge on any atom is 0.178 e. The number of anilines is 1. The second-order valence-corrected chi connectivity index (χ2v) is 6.82. The first-order valence-corrected chi connectivity index (χ1v) is 8.54. The number of piperazine rings is 1. The lowest BCUT2D eigenvalue weighted by molar-refractivity contribution is 0.250. The van der Waals surface area contributed by atoms with Gasteiger partial charge < -0.3 is 4.90 Å². The van der Waals surface area contributed by atoms with Gasteiger partial charge in [0.2, 0.25) is 0 Å². The number of rotatable bonds is 3. The molecule has 1 aliphatic rings. The molecule has 0 atom stereocenters. The van der Waals surface area contributed by atoms with E-state index in [1.165, 1.54) is 0 Å². The van der Waals surface area contributed by atoms with Gasteiger partial charge >= 0.3 is 0 Å². The Morgan fingerprint density at radius 1 is 0.870 bits per heavy atom. The highest BCUT2D eigenvalue weighted by Gasteiger charge is 2.18. The van der Waals surface area contributed by atoms with E-state index in [1.54, 1.807) is 12.1 Å². The van der Waals surface area contributed by atoms with Crippen molar-refractivity contribution in [3.05, 3.63) is 57.0 Å². The van der Waals surface area contributed by atoms with E-state index in [2.05, 4.69) is 9.80 Å². The zero-order valence-electron chi connectivity index (χ0n) is 12.4. The number of hydrogen-bond donors (Lipinski definition) is 0. The molecule has 1 heterocycles. The maximum absolute atomic E-state index is 11.2. The summed E-state index contributed by atoms with van der Waals surface area (Å²) in [7, 11) is 0. The van der Waals surface area contributed by atoms with Crippen LogP contribution in [0.2, 0.25) is 15.1 Å². The van der Waals surface area contributed by atoms with E-state index < -0.39 is 0 Å². The first-order valence-electron chi connectivity index (χ1n) is 7.41. The summed E-state index contributed by atoms with van der Waals surface area (Å²) < 4.78 is 0. The minimum atomic E-state index is 0.0453. The molecule has 3 rings (SSSR count). The van der Waals surface area contributed by atoms with Gasteiger partial charge in [-0.25, -0.2) is 0 Å². The van der Waals surface area contributed by atoms with E-state index in [0.717, 1.165) is 44.0 Å². The largest absolute Gasteiger partial charge is 0.369 e. The fraction of sp³-hybridized carbons (Fsp3) is 0.294. The van der Waals surface area contributed by atoms with E-state index in [9.17, 15) is 5.11 Å². The molecule has 6 heteroatoms. The average Bonchev–Trinajstić information content (AvgIpc) is 2.54. The van der Waals surface area contributed by atoms with Gasteiger partial charge in [0, 0.05) is 38.4 Å². The monoisotopic (exact) mass is 369 g/mol. The van der Waals surface area contributed by atoms with Gasteiger partial charge in [-0.3, -0.25) is 10.0 Å². The molecule has 1 saturated heterocycles. The molecular weight excluding hydrogens is 355 g/mol. The Labute approximate surface area is 151 Å². The first kappa shape index (κ1) is 16.7. The van der Waals surface area contributed by atoms with Crippen molar-refractivity contribution in [3.63, 3.8) is 0 Å². The van der Waals surface area contributed by atoms with Crippen LogP contribution in [0.1, 0.15) is 5.56 Å². The third-order valence-corrected chi connectivity index (χ3v) is 5.22. The lowest BCUT2D eigenvalue weighted by Crippen LogP contribution is -2.45. The van der Waals surface area contributed by atoms with Crippen LogP contribution in [0.15, 0.2) is 36.4 Å². The summed E-state index contributed by atoms with van der Waals surface area (Å²) in [5.74, 6) is 0.0453. The first-order chi connectivity index (χ1) is 11.0. The summed E-state index contributed by atoms with van der Waals surface area (Å²) in [4.78, 5) is 4.64. The fourth-order valence-electron chi connectivity index (χ4n) is 2.78. The highest BCUT2D eigenvalue weighted by molar-refractivity contribution is 6.48. The highest BCUT2D eigenvalue weighted by Crippen LogP contribution is 2.31. The molecule has 1 fully saturated rings. The summed E-state index contributed by atoms with van der Waals surface area (Å²) in [5.41, 5.74) is 2.16. The molecule has 0 aliphatic carbocycles. The second kappa shape index (κ2) is 7.18. The Bertz CT molecular complexity index is 660. The predicted octanol–water partition coefficient (Wildman–Crippen LogP) is 5.11. The zero-order chi connectivity index (χ0) is 16.4. The van der Waals surface area contributed by atoms with Crippen molar-refractivity contribution in [1.29, 1.82) is 0 Å². The smallest absolute Gasteiger partial charge is 0.178 e. The molecule has 23 heavy (non-hydrogen) atoms. The van der Waals surface area contributed by atoms with E-state index in [0.29, 0.717) is 15.1 Å². The Balaban J connectivity index is 1.60. The Morgan fingerprint density at radius 3 is 2.00 bits per heavy atom. The molecule has 0 aromatic heterocycles. The van der Waals surface area contributed by atoms with E-state index >= 15 is 0 Å². The second-order valence-electron chi connectivity index (χ2n) is 5.63. The van der Waals surface area contributed by atoms with Crippen molar-refractivity contribution in [3.8, 4) is 5.75 Å². The summed E-state index contributed by atoms with van der Waals surface area (Å²) >= 11 is 18.2. The molecule has 0 amide bonds. The predicted molar refractivity (Wildman–Crippen MR) is 95.5 cm³/mol.